The summed E-state index contributed by atoms with van der Waals surface area (Å²) < 4.78 is 0. The van der Waals surface area contributed by atoms with E-state index in [1.807, 2.05) is 18.5 Å². The van der Waals surface area contributed by atoms with Gasteiger partial charge in [-0.15, -0.1) is 0 Å². The summed E-state index contributed by atoms with van der Waals surface area (Å²) in [6, 6.07) is 15.1. The van der Waals surface area contributed by atoms with E-state index in [-0.39, 0.29) is 0 Å². The maximum atomic E-state index is 4.80. The van der Waals surface area contributed by atoms with Crippen molar-refractivity contribution in [1.82, 2.24) is 24.8 Å². The molecule has 0 N–H and O–H groups in total. The van der Waals surface area contributed by atoms with Gasteiger partial charge in [0.2, 0.25) is 0 Å². The molecule has 0 unspecified atom stereocenters. The largest absolute Gasteiger partial charge is 0.369 e. The zero-order chi connectivity index (χ0) is 22.3. The molecule has 3 heterocycles. The number of aryl methyl sites for hydroxylation is 1. The van der Waals surface area contributed by atoms with Crippen molar-refractivity contribution in [2.45, 2.75) is 19.3 Å². The van der Waals surface area contributed by atoms with E-state index in [2.05, 4.69) is 82.2 Å². The van der Waals surface area contributed by atoms with Crippen molar-refractivity contribution in [3.8, 4) is 11.3 Å². The first kappa shape index (κ1) is 22.4. The Bertz CT molecular complexity index is 976. The molecule has 0 saturated carbocycles. The van der Waals surface area contributed by atoms with E-state index in [4.69, 9.17) is 4.98 Å². The molecule has 1 aromatic carbocycles. The predicted molar refractivity (Wildman–Crippen MR) is 131 cm³/mol. The van der Waals surface area contributed by atoms with Crippen molar-refractivity contribution in [3.05, 3.63) is 71.9 Å². The lowest BCUT2D eigenvalue weighted by Gasteiger charge is -2.34. The third kappa shape index (κ3) is 6.11. The summed E-state index contributed by atoms with van der Waals surface area (Å²) in [6.45, 7) is 5.49. The Labute approximate surface area is 191 Å². The van der Waals surface area contributed by atoms with Crippen LogP contribution >= 0.6 is 0 Å². The standard InChI is InChI=1S/C26H34N6/c1-30(2)14-4-5-23-9-8-22(20-28-23)25-12-13-27-26(29-25)19-21-6-10-24(11-7-21)32-17-15-31(3)16-18-32/h6-13,20H,4-5,14-19H2,1-3H3. The summed E-state index contributed by atoms with van der Waals surface area (Å²) in [5, 5.41) is 0. The molecule has 1 saturated heterocycles. The first-order chi connectivity index (χ1) is 15.6. The molecule has 0 spiro atoms. The fourth-order valence-corrected chi connectivity index (χ4v) is 4.02. The van der Waals surface area contributed by atoms with E-state index in [1.165, 1.54) is 11.3 Å². The van der Waals surface area contributed by atoms with Gasteiger partial charge in [-0.1, -0.05) is 12.1 Å². The van der Waals surface area contributed by atoms with Crippen LogP contribution in [-0.2, 0) is 12.8 Å². The normalized spacial score (nSPS) is 14.8. The lowest BCUT2D eigenvalue weighted by molar-refractivity contribution is 0.313. The molecule has 32 heavy (non-hydrogen) atoms. The lowest BCUT2D eigenvalue weighted by atomic mass is 10.1. The van der Waals surface area contributed by atoms with Gasteiger partial charge in [0.25, 0.3) is 0 Å². The number of nitrogens with zero attached hydrogens (tertiary/aromatic N) is 6. The fourth-order valence-electron chi connectivity index (χ4n) is 4.02. The molecule has 0 aliphatic carbocycles. The van der Waals surface area contributed by atoms with Gasteiger partial charge < -0.3 is 14.7 Å². The van der Waals surface area contributed by atoms with Crippen molar-refractivity contribution in [2.24, 2.45) is 0 Å². The van der Waals surface area contributed by atoms with Gasteiger partial charge in [0.15, 0.2) is 0 Å². The molecule has 0 bridgehead atoms. The molecule has 1 fully saturated rings. The second-order valence-electron chi connectivity index (χ2n) is 8.94. The van der Waals surface area contributed by atoms with E-state index >= 15 is 0 Å². The second kappa shape index (κ2) is 10.7. The van der Waals surface area contributed by atoms with Gasteiger partial charge in [-0.2, -0.15) is 0 Å². The van der Waals surface area contributed by atoms with Gasteiger partial charge >= 0.3 is 0 Å². The second-order valence-corrected chi connectivity index (χ2v) is 8.94. The minimum Gasteiger partial charge on any atom is -0.369 e. The minimum absolute atomic E-state index is 0.729. The van der Waals surface area contributed by atoms with E-state index < -0.39 is 0 Å². The molecule has 1 aliphatic rings. The van der Waals surface area contributed by atoms with Gasteiger partial charge in [0, 0.05) is 61.9 Å². The number of anilines is 1. The Hall–Kier alpha value is -2.83. The summed E-state index contributed by atoms with van der Waals surface area (Å²) >= 11 is 0. The third-order valence-corrected chi connectivity index (χ3v) is 6.03. The van der Waals surface area contributed by atoms with Crippen molar-refractivity contribution in [3.63, 3.8) is 0 Å². The summed E-state index contributed by atoms with van der Waals surface area (Å²) in [7, 11) is 6.39. The van der Waals surface area contributed by atoms with E-state index in [1.54, 1.807) is 0 Å². The Morgan fingerprint density at radius 2 is 1.69 bits per heavy atom. The number of benzene rings is 1. The zero-order valence-corrected chi connectivity index (χ0v) is 19.5. The van der Waals surface area contributed by atoms with E-state index in [9.17, 15) is 0 Å². The molecule has 6 nitrogen and oxygen atoms in total. The number of rotatable bonds is 8. The number of likely N-dealkylation sites (N-methyl/N-ethyl adjacent to an activating group) is 1. The molecule has 3 aromatic rings. The Morgan fingerprint density at radius 1 is 0.906 bits per heavy atom. The highest BCUT2D eigenvalue weighted by Gasteiger charge is 2.14. The van der Waals surface area contributed by atoms with Crippen LogP contribution in [0.25, 0.3) is 11.3 Å². The molecule has 168 valence electrons. The smallest absolute Gasteiger partial charge is 0.133 e. The van der Waals surface area contributed by atoms with Gasteiger partial charge in [-0.25, -0.2) is 9.97 Å². The highest BCUT2D eigenvalue weighted by Crippen LogP contribution is 2.20. The molecule has 0 atom stereocenters. The quantitative estimate of drug-likeness (QED) is 0.546. The number of aromatic nitrogens is 3. The van der Waals surface area contributed by atoms with Crippen molar-refractivity contribution in [1.29, 1.82) is 0 Å². The maximum absolute atomic E-state index is 4.80. The number of hydrogen-bond acceptors (Lipinski definition) is 6. The van der Waals surface area contributed by atoms with Crippen LogP contribution < -0.4 is 4.90 Å². The molecule has 4 rings (SSSR count). The SMILES string of the molecule is CN(C)CCCc1ccc(-c2ccnc(Cc3ccc(N4CCN(C)CC4)cc3)n2)cn1. The summed E-state index contributed by atoms with van der Waals surface area (Å²) in [5.74, 6) is 0.838. The van der Waals surface area contributed by atoms with Gasteiger partial charge in [-0.05, 0) is 76.4 Å². The number of piperazine rings is 1. The van der Waals surface area contributed by atoms with E-state index in [0.717, 1.165) is 74.8 Å². The monoisotopic (exact) mass is 430 g/mol. The highest BCUT2D eigenvalue weighted by atomic mass is 15.2. The highest BCUT2D eigenvalue weighted by molar-refractivity contribution is 5.57. The Balaban J connectivity index is 1.38. The molecule has 0 radical (unpaired) electrons. The average molecular weight is 431 g/mol. The molecule has 0 amide bonds. The number of pyridine rings is 1. The molecular weight excluding hydrogens is 396 g/mol. The van der Waals surface area contributed by atoms with Crippen LogP contribution in [0.2, 0.25) is 0 Å². The zero-order valence-electron chi connectivity index (χ0n) is 19.5. The van der Waals surface area contributed by atoms with Crippen LogP contribution in [-0.4, -0.2) is 78.6 Å². The van der Waals surface area contributed by atoms with Crippen molar-refractivity contribution in [2.75, 3.05) is 58.8 Å². The minimum atomic E-state index is 0.729. The Morgan fingerprint density at radius 3 is 2.38 bits per heavy atom. The van der Waals surface area contributed by atoms with Gasteiger partial charge in [0.1, 0.15) is 5.82 Å². The summed E-state index contributed by atoms with van der Waals surface area (Å²) in [6.07, 6.45) is 6.62. The predicted octanol–water partition coefficient (Wildman–Crippen LogP) is 3.38. The van der Waals surface area contributed by atoms with Crippen LogP contribution in [0.4, 0.5) is 5.69 Å². The van der Waals surface area contributed by atoms with Gasteiger partial charge in [-0.3, -0.25) is 4.98 Å². The van der Waals surface area contributed by atoms with Crippen LogP contribution in [0, 0.1) is 0 Å². The van der Waals surface area contributed by atoms with E-state index in [0.29, 0.717) is 0 Å². The van der Waals surface area contributed by atoms with Crippen LogP contribution in [0.1, 0.15) is 23.5 Å². The summed E-state index contributed by atoms with van der Waals surface area (Å²) in [5.41, 5.74) is 5.62. The topological polar surface area (TPSA) is 48.4 Å². The van der Waals surface area contributed by atoms with Crippen molar-refractivity contribution < 1.29 is 0 Å². The van der Waals surface area contributed by atoms with Crippen molar-refractivity contribution >= 4 is 5.69 Å². The third-order valence-electron chi connectivity index (χ3n) is 6.03. The van der Waals surface area contributed by atoms with Crippen LogP contribution in [0.15, 0.2) is 54.9 Å². The van der Waals surface area contributed by atoms with Gasteiger partial charge in [0.05, 0.1) is 5.69 Å². The first-order valence-corrected chi connectivity index (χ1v) is 11.5. The van der Waals surface area contributed by atoms with Crippen LogP contribution in [0.5, 0.6) is 0 Å². The summed E-state index contributed by atoms with van der Waals surface area (Å²) in [4.78, 5) is 21.0. The molecule has 1 aliphatic heterocycles. The maximum Gasteiger partial charge on any atom is 0.133 e. The average Bonchev–Trinajstić information content (AvgIpc) is 2.81. The fraction of sp³-hybridized carbons (Fsp3) is 0.423. The Kier molecular flexibility index (Phi) is 7.45. The molecule has 6 heteroatoms. The molecule has 2 aromatic heterocycles. The molecular formula is C26H34N6. The van der Waals surface area contributed by atoms with Crippen LogP contribution in [0.3, 0.4) is 0 Å². The first-order valence-electron chi connectivity index (χ1n) is 11.5. The number of hydrogen-bond donors (Lipinski definition) is 0. The lowest BCUT2D eigenvalue weighted by Crippen LogP contribution is -2.44.